The van der Waals surface area contributed by atoms with Crippen LogP contribution in [0.5, 0.6) is 0 Å². The van der Waals surface area contributed by atoms with E-state index in [0.717, 1.165) is 35.9 Å². The van der Waals surface area contributed by atoms with Gasteiger partial charge in [-0.05, 0) is 24.6 Å². The zero-order chi connectivity index (χ0) is 16.5. The van der Waals surface area contributed by atoms with Gasteiger partial charge in [0, 0.05) is 36.4 Å². The number of hydrogen-bond donors (Lipinski definition) is 2. The molecule has 1 aromatic heterocycles. The molecule has 3 heterocycles. The van der Waals surface area contributed by atoms with Gasteiger partial charge in [0.2, 0.25) is 5.91 Å². The van der Waals surface area contributed by atoms with Crippen molar-refractivity contribution in [3.05, 3.63) is 35.4 Å². The number of carbonyl (C=O) groups excluding carboxylic acids is 2. The minimum absolute atomic E-state index is 0.0364. The highest BCUT2D eigenvalue weighted by atomic mass is 32.2. The van der Waals surface area contributed by atoms with E-state index in [1.165, 1.54) is 11.8 Å². The van der Waals surface area contributed by atoms with E-state index in [-0.39, 0.29) is 11.8 Å². The molecule has 2 aliphatic rings. The molecule has 2 aliphatic heterocycles. The van der Waals surface area contributed by atoms with Gasteiger partial charge in [-0.15, -0.1) is 22.0 Å². The van der Waals surface area contributed by atoms with Crippen LogP contribution in [0.4, 0.5) is 5.69 Å². The molecular weight excluding hydrogens is 326 g/mol. The molecule has 2 amide bonds. The Hall–Kier alpha value is -2.35. The largest absolute Gasteiger partial charge is 0.352 e. The van der Waals surface area contributed by atoms with Gasteiger partial charge in [-0.3, -0.25) is 9.59 Å². The molecule has 0 spiro atoms. The van der Waals surface area contributed by atoms with Crippen molar-refractivity contribution in [3.63, 3.8) is 0 Å². The molecule has 2 N–H and O–H groups in total. The first-order valence-corrected chi connectivity index (χ1v) is 8.95. The number of benzene rings is 1. The van der Waals surface area contributed by atoms with E-state index in [0.29, 0.717) is 30.0 Å². The fourth-order valence-electron chi connectivity index (χ4n) is 3.01. The third-order valence-electron chi connectivity index (χ3n) is 4.19. The summed E-state index contributed by atoms with van der Waals surface area (Å²) in [6.45, 7) is 1.48. The molecule has 2 aromatic rings. The fraction of sp³-hybridized carbons (Fsp3) is 0.375. The number of amides is 2. The molecule has 0 bridgehead atoms. The van der Waals surface area contributed by atoms with Crippen LogP contribution in [0.2, 0.25) is 0 Å². The molecule has 0 saturated carbocycles. The molecule has 0 aliphatic carbocycles. The number of anilines is 1. The first-order chi connectivity index (χ1) is 11.7. The van der Waals surface area contributed by atoms with E-state index in [1.807, 2.05) is 6.07 Å². The lowest BCUT2D eigenvalue weighted by atomic mass is 10.2. The number of hydrogen-bond acceptors (Lipinski definition) is 5. The maximum absolute atomic E-state index is 12.3. The minimum atomic E-state index is -0.149. The van der Waals surface area contributed by atoms with Gasteiger partial charge in [0.1, 0.15) is 11.6 Å². The van der Waals surface area contributed by atoms with Crippen LogP contribution < -0.4 is 10.6 Å². The number of thioether (sulfide) groups is 1. The van der Waals surface area contributed by atoms with Gasteiger partial charge in [-0.1, -0.05) is 0 Å². The average molecular weight is 343 g/mol. The van der Waals surface area contributed by atoms with Gasteiger partial charge in [-0.25, -0.2) is 0 Å². The number of aromatic nitrogens is 3. The highest BCUT2D eigenvalue weighted by Crippen LogP contribution is 2.31. The molecule has 8 heteroatoms. The van der Waals surface area contributed by atoms with Crippen molar-refractivity contribution in [2.45, 2.75) is 30.7 Å². The second kappa shape index (κ2) is 6.27. The predicted octanol–water partition coefficient (Wildman–Crippen LogP) is 1.24. The van der Waals surface area contributed by atoms with Gasteiger partial charge in [-0.2, -0.15) is 0 Å². The average Bonchev–Trinajstić information content (AvgIpc) is 3.18. The topological polar surface area (TPSA) is 88.9 Å². The number of nitrogens with one attached hydrogen (secondary N) is 2. The van der Waals surface area contributed by atoms with Crippen LogP contribution in [0.1, 0.15) is 28.4 Å². The van der Waals surface area contributed by atoms with Crippen molar-refractivity contribution in [1.82, 2.24) is 20.1 Å². The Balaban J connectivity index is 1.38. The summed E-state index contributed by atoms with van der Waals surface area (Å²) in [7, 11) is 0. The Morgan fingerprint density at radius 3 is 3.21 bits per heavy atom. The summed E-state index contributed by atoms with van der Waals surface area (Å²) >= 11 is 1.48. The summed E-state index contributed by atoms with van der Waals surface area (Å²) < 4.78 is 2.14. The predicted molar refractivity (Wildman–Crippen MR) is 90.2 cm³/mol. The molecule has 0 unspecified atom stereocenters. The Labute approximate surface area is 143 Å². The molecule has 24 heavy (non-hydrogen) atoms. The van der Waals surface area contributed by atoms with E-state index >= 15 is 0 Å². The highest BCUT2D eigenvalue weighted by molar-refractivity contribution is 8.00. The van der Waals surface area contributed by atoms with Crippen molar-refractivity contribution in [1.29, 1.82) is 0 Å². The summed E-state index contributed by atoms with van der Waals surface area (Å²) in [4.78, 5) is 24.7. The van der Waals surface area contributed by atoms with E-state index in [9.17, 15) is 9.59 Å². The number of fused-ring (bicyclic) bond motifs is 2. The van der Waals surface area contributed by atoms with Crippen molar-refractivity contribution in [2.24, 2.45) is 0 Å². The second-order valence-corrected chi connectivity index (χ2v) is 6.86. The first kappa shape index (κ1) is 15.2. The molecule has 0 radical (unpaired) electrons. The van der Waals surface area contributed by atoms with Gasteiger partial charge in [0.15, 0.2) is 0 Å². The van der Waals surface area contributed by atoms with Crippen LogP contribution in [-0.2, 0) is 24.2 Å². The fourth-order valence-corrected chi connectivity index (χ4v) is 3.80. The van der Waals surface area contributed by atoms with Crippen LogP contribution in [-0.4, -0.2) is 38.9 Å². The molecule has 0 fully saturated rings. The molecule has 4 rings (SSSR count). The van der Waals surface area contributed by atoms with Gasteiger partial charge in [0.05, 0.1) is 11.4 Å². The Morgan fingerprint density at radius 2 is 2.29 bits per heavy atom. The van der Waals surface area contributed by atoms with Gasteiger partial charge >= 0.3 is 0 Å². The summed E-state index contributed by atoms with van der Waals surface area (Å²) in [6.07, 6.45) is 2.76. The SMILES string of the molecule is O=C1CSc2ccc(C(=O)NCCc3nnc4n3CCC4)cc2N1. The molecule has 7 nitrogen and oxygen atoms in total. The number of carbonyl (C=O) groups is 2. The van der Waals surface area contributed by atoms with Gasteiger partial charge < -0.3 is 15.2 Å². The molecule has 0 saturated heterocycles. The summed E-state index contributed by atoms with van der Waals surface area (Å²) in [5.41, 5.74) is 1.25. The molecule has 0 atom stereocenters. The highest BCUT2D eigenvalue weighted by Gasteiger charge is 2.18. The van der Waals surface area contributed by atoms with Crippen molar-refractivity contribution >= 4 is 29.3 Å². The third kappa shape index (κ3) is 2.89. The van der Waals surface area contributed by atoms with Crippen LogP contribution in [0.15, 0.2) is 23.1 Å². The minimum Gasteiger partial charge on any atom is -0.352 e. The standard InChI is InChI=1S/C16H17N5O2S/c22-15-9-24-12-4-3-10(8-11(12)18-15)16(23)17-6-5-14-20-19-13-2-1-7-21(13)14/h3-4,8H,1-2,5-7,9H2,(H,17,23)(H,18,22). The van der Waals surface area contributed by atoms with Crippen LogP contribution in [0, 0.1) is 0 Å². The van der Waals surface area contributed by atoms with Crippen LogP contribution in [0.25, 0.3) is 0 Å². The van der Waals surface area contributed by atoms with E-state index in [1.54, 1.807) is 12.1 Å². The Kier molecular flexibility index (Phi) is 3.97. The quantitative estimate of drug-likeness (QED) is 0.872. The van der Waals surface area contributed by atoms with E-state index in [4.69, 9.17) is 0 Å². The monoisotopic (exact) mass is 343 g/mol. The lowest BCUT2D eigenvalue weighted by Gasteiger charge is -2.16. The summed E-state index contributed by atoms with van der Waals surface area (Å²) in [5, 5.41) is 14.1. The third-order valence-corrected chi connectivity index (χ3v) is 5.27. The maximum Gasteiger partial charge on any atom is 0.251 e. The van der Waals surface area contributed by atoms with E-state index < -0.39 is 0 Å². The lowest BCUT2D eigenvalue weighted by Crippen LogP contribution is -2.27. The zero-order valence-corrected chi connectivity index (χ0v) is 13.9. The summed E-state index contributed by atoms with van der Waals surface area (Å²) in [5.74, 6) is 2.20. The Morgan fingerprint density at radius 1 is 1.38 bits per heavy atom. The number of nitrogens with zero attached hydrogens (tertiary/aromatic N) is 3. The zero-order valence-electron chi connectivity index (χ0n) is 13.0. The van der Waals surface area contributed by atoms with E-state index in [2.05, 4.69) is 25.4 Å². The molecular formula is C16H17N5O2S. The van der Waals surface area contributed by atoms with Gasteiger partial charge in [0.25, 0.3) is 5.91 Å². The molecule has 124 valence electrons. The molecule has 1 aromatic carbocycles. The summed E-state index contributed by atoms with van der Waals surface area (Å²) in [6, 6.07) is 5.39. The lowest BCUT2D eigenvalue weighted by molar-refractivity contribution is -0.113. The number of rotatable bonds is 4. The van der Waals surface area contributed by atoms with Crippen molar-refractivity contribution < 1.29 is 9.59 Å². The smallest absolute Gasteiger partial charge is 0.251 e. The van der Waals surface area contributed by atoms with Crippen molar-refractivity contribution in [2.75, 3.05) is 17.6 Å². The number of aryl methyl sites for hydroxylation is 1. The van der Waals surface area contributed by atoms with Crippen LogP contribution in [0.3, 0.4) is 0 Å². The van der Waals surface area contributed by atoms with Crippen molar-refractivity contribution in [3.8, 4) is 0 Å². The second-order valence-electron chi connectivity index (χ2n) is 5.84. The Bertz CT molecular complexity index is 817. The van der Waals surface area contributed by atoms with Crippen LogP contribution >= 0.6 is 11.8 Å². The maximum atomic E-state index is 12.3. The first-order valence-electron chi connectivity index (χ1n) is 7.96. The normalized spacial score (nSPS) is 15.6.